The Bertz CT molecular complexity index is 609. The summed E-state index contributed by atoms with van der Waals surface area (Å²) in [7, 11) is 1.54. The van der Waals surface area contributed by atoms with Crippen LogP contribution in [0.25, 0.3) is 0 Å². The van der Waals surface area contributed by atoms with Crippen molar-refractivity contribution in [3.05, 3.63) is 53.6 Å². The second-order valence-corrected chi connectivity index (χ2v) is 4.25. The van der Waals surface area contributed by atoms with Crippen LogP contribution >= 0.6 is 0 Å². The Hall–Kier alpha value is -2.49. The first kappa shape index (κ1) is 13.0. The summed E-state index contributed by atoms with van der Waals surface area (Å²) < 4.78 is 5.20. The second kappa shape index (κ2) is 5.44. The van der Waals surface area contributed by atoms with Crippen LogP contribution in [0, 0.1) is 6.92 Å². The van der Waals surface area contributed by atoms with Gasteiger partial charge in [0.05, 0.1) is 24.0 Å². The van der Waals surface area contributed by atoms with Crippen molar-refractivity contribution in [1.82, 2.24) is 0 Å². The summed E-state index contributed by atoms with van der Waals surface area (Å²) in [6.07, 6.45) is 0. The highest BCUT2D eigenvalue weighted by atomic mass is 16.5. The largest absolute Gasteiger partial charge is 0.496 e. The number of ether oxygens (including phenoxy) is 1. The summed E-state index contributed by atoms with van der Waals surface area (Å²) in [6, 6.07) is 12.6. The van der Waals surface area contributed by atoms with Crippen molar-refractivity contribution in [1.29, 1.82) is 0 Å². The molecule has 0 unspecified atom stereocenters. The van der Waals surface area contributed by atoms with Crippen LogP contribution in [-0.2, 0) is 0 Å². The average molecular weight is 256 g/mol. The van der Waals surface area contributed by atoms with Crippen molar-refractivity contribution in [3.63, 3.8) is 0 Å². The summed E-state index contributed by atoms with van der Waals surface area (Å²) in [5.41, 5.74) is 8.41. The summed E-state index contributed by atoms with van der Waals surface area (Å²) in [5.74, 6) is 0.302. The molecule has 0 fully saturated rings. The van der Waals surface area contributed by atoms with E-state index in [0.29, 0.717) is 22.7 Å². The van der Waals surface area contributed by atoms with Crippen LogP contribution in [0.15, 0.2) is 42.5 Å². The highest BCUT2D eigenvalue weighted by Gasteiger charge is 2.13. The van der Waals surface area contributed by atoms with Gasteiger partial charge in [-0.15, -0.1) is 0 Å². The van der Waals surface area contributed by atoms with E-state index in [1.54, 1.807) is 31.4 Å². The molecular formula is C15H16N2O2. The van der Waals surface area contributed by atoms with Gasteiger partial charge in [-0.1, -0.05) is 23.8 Å². The van der Waals surface area contributed by atoms with Gasteiger partial charge in [0, 0.05) is 0 Å². The Balaban J connectivity index is 2.30. The molecule has 0 aromatic heterocycles. The number of rotatable bonds is 3. The first-order valence-electron chi connectivity index (χ1n) is 5.92. The molecule has 0 spiro atoms. The van der Waals surface area contributed by atoms with E-state index in [9.17, 15) is 4.79 Å². The van der Waals surface area contributed by atoms with Gasteiger partial charge in [-0.05, 0) is 31.2 Å². The first-order valence-corrected chi connectivity index (χ1v) is 5.92. The van der Waals surface area contributed by atoms with E-state index < -0.39 is 0 Å². The van der Waals surface area contributed by atoms with Gasteiger partial charge in [0.15, 0.2) is 0 Å². The SMILES string of the molecule is COc1ccc(C)cc1C(=O)Nc1ccccc1N. The summed E-state index contributed by atoms with van der Waals surface area (Å²) in [6.45, 7) is 1.92. The predicted molar refractivity (Wildman–Crippen MR) is 76.5 cm³/mol. The molecule has 0 aliphatic carbocycles. The lowest BCUT2D eigenvalue weighted by atomic mass is 10.1. The van der Waals surface area contributed by atoms with Gasteiger partial charge >= 0.3 is 0 Å². The number of aryl methyl sites for hydroxylation is 1. The van der Waals surface area contributed by atoms with E-state index >= 15 is 0 Å². The van der Waals surface area contributed by atoms with E-state index in [-0.39, 0.29) is 5.91 Å². The number of amides is 1. The van der Waals surface area contributed by atoms with E-state index in [2.05, 4.69) is 5.32 Å². The Kier molecular flexibility index (Phi) is 3.71. The minimum absolute atomic E-state index is 0.238. The first-order chi connectivity index (χ1) is 9.11. The Morgan fingerprint density at radius 2 is 1.95 bits per heavy atom. The maximum atomic E-state index is 12.3. The van der Waals surface area contributed by atoms with Crippen molar-refractivity contribution >= 4 is 17.3 Å². The minimum Gasteiger partial charge on any atom is -0.496 e. The number of carbonyl (C=O) groups is 1. The molecule has 4 heteroatoms. The third-order valence-corrected chi connectivity index (χ3v) is 2.81. The molecule has 0 atom stereocenters. The number of carbonyl (C=O) groups excluding carboxylic acids is 1. The van der Waals surface area contributed by atoms with Gasteiger partial charge in [-0.25, -0.2) is 0 Å². The Morgan fingerprint density at radius 1 is 1.21 bits per heavy atom. The number of anilines is 2. The van der Waals surface area contributed by atoms with Crippen LogP contribution in [0.4, 0.5) is 11.4 Å². The third-order valence-electron chi connectivity index (χ3n) is 2.81. The molecule has 1 amide bonds. The molecule has 0 radical (unpaired) electrons. The molecule has 2 rings (SSSR count). The van der Waals surface area contributed by atoms with E-state index in [0.717, 1.165) is 5.56 Å². The van der Waals surface area contributed by atoms with Crippen LogP contribution < -0.4 is 15.8 Å². The average Bonchev–Trinajstić information content (AvgIpc) is 2.41. The number of hydrogen-bond donors (Lipinski definition) is 2. The third kappa shape index (κ3) is 2.85. The van der Waals surface area contributed by atoms with Crippen LogP contribution in [0.2, 0.25) is 0 Å². The fourth-order valence-electron chi connectivity index (χ4n) is 1.80. The Labute approximate surface area is 112 Å². The quantitative estimate of drug-likeness (QED) is 0.830. The zero-order valence-corrected chi connectivity index (χ0v) is 10.9. The molecule has 0 saturated carbocycles. The van der Waals surface area contributed by atoms with Crippen LogP contribution in [0.5, 0.6) is 5.75 Å². The predicted octanol–water partition coefficient (Wildman–Crippen LogP) is 2.84. The molecule has 4 nitrogen and oxygen atoms in total. The molecule has 0 bridgehead atoms. The van der Waals surface area contributed by atoms with E-state index in [1.807, 2.05) is 25.1 Å². The molecule has 0 saturated heterocycles. The normalized spacial score (nSPS) is 10.0. The lowest BCUT2D eigenvalue weighted by Crippen LogP contribution is -2.14. The lowest BCUT2D eigenvalue weighted by molar-refractivity contribution is 0.102. The fraction of sp³-hybridized carbons (Fsp3) is 0.133. The second-order valence-electron chi connectivity index (χ2n) is 4.25. The number of methoxy groups -OCH3 is 1. The van der Waals surface area contributed by atoms with Crippen molar-refractivity contribution in [2.24, 2.45) is 0 Å². The fourth-order valence-corrected chi connectivity index (χ4v) is 1.80. The van der Waals surface area contributed by atoms with Crippen molar-refractivity contribution in [2.45, 2.75) is 6.92 Å². The summed E-state index contributed by atoms with van der Waals surface area (Å²) in [4.78, 5) is 12.3. The number of para-hydroxylation sites is 2. The van der Waals surface area contributed by atoms with Crippen LogP contribution in [-0.4, -0.2) is 13.0 Å². The molecular weight excluding hydrogens is 240 g/mol. The number of nitrogen functional groups attached to an aromatic ring is 1. The number of nitrogens with one attached hydrogen (secondary N) is 1. The zero-order valence-electron chi connectivity index (χ0n) is 10.9. The zero-order chi connectivity index (χ0) is 13.8. The van der Waals surface area contributed by atoms with Crippen LogP contribution in [0.3, 0.4) is 0 Å². The molecule has 19 heavy (non-hydrogen) atoms. The number of nitrogens with two attached hydrogens (primary N) is 1. The van der Waals surface area contributed by atoms with Gasteiger partial charge in [-0.3, -0.25) is 4.79 Å². The lowest BCUT2D eigenvalue weighted by Gasteiger charge is -2.11. The molecule has 3 N–H and O–H groups in total. The van der Waals surface area contributed by atoms with E-state index in [4.69, 9.17) is 10.5 Å². The number of hydrogen-bond acceptors (Lipinski definition) is 3. The molecule has 2 aromatic rings. The molecule has 0 aliphatic rings. The van der Waals surface area contributed by atoms with Crippen LogP contribution in [0.1, 0.15) is 15.9 Å². The van der Waals surface area contributed by atoms with Gasteiger partial charge < -0.3 is 15.8 Å². The minimum atomic E-state index is -0.238. The topological polar surface area (TPSA) is 64.3 Å². The molecule has 0 aliphatic heterocycles. The van der Waals surface area contributed by atoms with Crippen molar-refractivity contribution in [2.75, 3.05) is 18.2 Å². The summed E-state index contributed by atoms with van der Waals surface area (Å²) in [5, 5.41) is 2.78. The van der Waals surface area contributed by atoms with Gasteiger partial charge in [0.1, 0.15) is 5.75 Å². The Morgan fingerprint density at radius 3 is 2.63 bits per heavy atom. The van der Waals surface area contributed by atoms with Gasteiger partial charge in [-0.2, -0.15) is 0 Å². The van der Waals surface area contributed by atoms with Crippen molar-refractivity contribution in [3.8, 4) is 5.75 Å². The number of benzene rings is 2. The smallest absolute Gasteiger partial charge is 0.259 e. The van der Waals surface area contributed by atoms with E-state index in [1.165, 1.54) is 0 Å². The highest BCUT2D eigenvalue weighted by molar-refractivity contribution is 6.07. The maximum absolute atomic E-state index is 12.3. The van der Waals surface area contributed by atoms with Gasteiger partial charge in [0.25, 0.3) is 5.91 Å². The standard InChI is InChI=1S/C15H16N2O2/c1-10-7-8-14(19-2)11(9-10)15(18)17-13-6-4-3-5-12(13)16/h3-9H,16H2,1-2H3,(H,17,18). The molecule has 98 valence electrons. The summed E-state index contributed by atoms with van der Waals surface area (Å²) >= 11 is 0. The monoisotopic (exact) mass is 256 g/mol. The highest BCUT2D eigenvalue weighted by Crippen LogP contribution is 2.23. The maximum Gasteiger partial charge on any atom is 0.259 e. The molecule has 2 aromatic carbocycles. The van der Waals surface area contributed by atoms with Gasteiger partial charge in [0.2, 0.25) is 0 Å². The van der Waals surface area contributed by atoms with Crippen molar-refractivity contribution < 1.29 is 9.53 Å². The molecule has 0 heterocycles.